The number of hydrogen-bond acceptors (Lipinski definition) is 12. The molecule has 12 aliphatic rings. The summed E-state index contributed by atoms with van der Waals surface area (Å²) in [7, 11) is 15.0. The van der Waals surface area contributed by atoms with E-state index in [1.54, 1.807) is 0 Å². The van der Waals surface area contributed by atoms with Crippen LogP contribution in [-0.2, 0) is 14.4 Å². The average Bonchev–Trinajstić information content (AvgIpc) is 1.39. The van der Waals surface area contributed by atoms with E-state index in [4.69, 9.17) is 31.9 Å². The molecule has 716 valence electrons. The number of nitrogens with two attached hydrogens (primary N) is 3. The zero-order chi connectivity index (χ0) is 92.6. The summed E-state index contributed by atoms with van der Waals surface area (Å²) >= 11 is 0. The van der Waals surface area contributed by atoms with Gasteiger partial charge in [-0.1, -0.05) is 237 Å². The second-order valence-electron chi connectivity index (χ2n) is 50.7. The molecule has 124 heavy (non-hydrogen) atoms. The Labute approximate surface area is 762 Å². The Bertz CT molecular complexity index is 3220. The highest BCUT2D eigenvalue weighted by atomic mass is 31.2. The maximum absolute atomic E-state index is 13.8. The van der Waals surface area contributed by atoms with Crippen LogP contribution in [0.3, 0.4) is 0 Å². The van der Waals surface area contributed by atoms with Gasteiger partial charge >= 0.3 is 0 Å². The smallest absolute Gasteiger partial charge is 0.226 e. The first kappa shape index (κ1) is 106. The Kier molecular flexibility index (Phi) is 35.5. The molecule has 12 rings (SSSR count). The molecular weight excluding hydrogens is 1560 g/mol. The number of nitrogens with zero attached hydrogens (tertiary/aromatic N) is 3. The van der Waals surface area contributed by atoms with Crippen LogP contribution in [0, 0.1) is 157 Å². The van der Waals surface area contributed by atoms with Gasteiger partial charge in [-0.05, 0) is 293 Å². The Balaban J connectivity index is 0.000000206. The molecule has 9 fully saturated rings. The van der Waals surface area contributed by atoms with Crippen LogP contribution in [0.15, 0.2) is 34.9 Å². The van der Waals surface area contributed by atoms with Gasteiger partial charge in [0.15, 0.2) is 17.3 Å². The van der Waals surface area contributed by atoms with Crippen molar-refractivity contribution in [3.05, 3.63) is 34.9 Å². The summed E-state index contributed by atoms with van der Waals surface area (Å²) in [5.41, 5.74) is 20.9. The number of quaternary nitrogens is 3. The molecule has 0 saturated heterocycles. The van der Waals surface area contributed by atoms with E-state index in [1.807, 2.05) is 63.4 Å². The summed E-state index contributed by atoms with van der Waals surface area (Å²) < 4.78 is 1.50. The van der Waals surface area contributed by atoms with Crippen LogP contribution in [0.1, 0.15) is 375 Å². The van der Waals surface area contributed by atoms with E-state index in [-0.39, 0.29) is 69.5 Å². The van der Waals surface area contributed by atoms with Crippen molar-refractivity contribution in [3.63, 3.8) is 0 Å². The minimum atomic E-state index is -3.37. The summed E-state index contributed by atoms with van der Waals surface area (Å²) in [4.78, 5) is 67.0. The second kappa shape index (κ2) is 41.6. The number of likely N-dealkylation sites (N-methyl/N-ethyl adjacent to an activating group) is 3. The quantitative estimate of drug-likeness (QED) is 0.0155. The minimum Gasteiger partial charge on any atom is -0.854 e. The van der Waals surface area contributed by atoms with Crippen molar-refractivity contribution in [2.24, 2.45) is 174 Å². The largest absolute Gasteiger partial charge is 0.854 e. The molecule has 0 heterocycles. The molecule has 0 aliphatic heterocycles. The van der Waals surface area contributed by atoms with Crippen LogP contribution < -0.4 is 31.9 Å². The third-order valence-corrected chi connectivity index (χ3v) is 39.2. The van der Waals surface area contributed by atoms with E-state index < -0.39 is 25.8 Å². The molecule has 0 bridgehead atoms. The van der Waals surface area contributed by atoms with Crippen molar-refractivity contribution in [3.8, 4) is 0 Å². The molecule has 12 aliphatic carbocycles. The lowest BCUT2D eigenvalue weighted by Crippen LogP contribution is -2.68. The first-order valence-electron chi connectivity index (χ1n) is 51.9. The van der Waals surface area contributed by atoms with Gasteiger partial charge in [-0.3, -0.25) is 31.6 Å². The number of carbonyl (C=O) groups is 3. The van der Waals surface area contributed by atoms with Gasteiger partial charge in [-0.2, -0.15) is 0 Å². The van der Waals surface area contributed by atoms with Gasteiger partial charge in [-0.25, -0.2) is 0 Å². The number of aliphatic hydroxyl groups is 3. The van der Waals surface area contributed by atoms with Crippen LogP contribution in [0.25, 0.3) is 0 Å². The van der Waals surface area contributed by atoms with Gasteiger partial charge in [0.1, 0.15) is 18.1 Å². The Morgan fingerprint density at radius 3 is 0.798 bits per heavy atom. The van der Waals surface area contributed by atoms with Crippen LogP contribution in [-0.4, -0.2) is 145 Å². The summed E-state index contributed by atoms with van der Waals surface area (Å²) in [6.07, 6.45) is 53.6. The van der Waals surface area contributed by atoms with Crippen molar-refractivity contribution >= 4 is 26.0 Å². The summed E-state index contributed by atoms with van der Waals surface area (Å²) in [6, 6.07) is -0.869. The summed E-state index contributed by atoms with van der Waals surface area (Å²) in [5.74, 6) is 14.0. The number of carbonyl (C=O) groups excluding carboxylic acids is 3. The van der Waals surface area contributed by atoms with Crippen LogP contribution in [0.2, 0.25) is 0 Å². The maximum Gasteiger partial charge on any atom is 0.226 e. The lowest BCUT2D eigenvalue weighted by Gasteiger charge is -2.58. The third kappa shape index (κ3) is 22.2. The molecule has 16 heteroatoms. The lowest BCUT2D eigenvalue weighted by atomic mass is 9.46. The van der Waals surface area contributed by atoms with Gasteiger partial charge in [0.2, 0.25) is 17.2 Å². The van der Waals surface area contributed by atoms with Gasteiger partial charge in [0.25, 0.3) is 0 Å². The number of ketones is 3. The normalized spacial score (nSPS) is 38.0. The van der Waals surface area contributed by atoms with Crippen LogP contribution in [0.5, 0.6) is 0 Å². The number of fused-ring (bicyclic) bond motifs is 15. The van der Waals surface area contributed by atoms with Crippen molar-refractivity contribution < 1.29 is 57.8 Å². The van der Waals surface area contributed by atoms with Crippen molar-refractivity contribution in [1.82, 2.24) is 0 Å². The molecule has 15 nitrogen and oxygen atoms in total. The van der Waals surface area contributed by atoms with E-state index in [9.17, 15) is 29.7 Å². The SMILES string of the molecule is CCCC(C(N)(O)C(=O)[C@H]1CC[C@@]2(C)C(=CC[C@H]3[C@@H]4CC[C@H]([C@H](C)CCCC(C)C)[C@@]4(C)CC[C@@H]32)C1)[N+](C)(C)C.CCCC(C(N)(O)C(=O)[C@H]1CC[C@@]2(C)C(=CC[C@H]3[C@@H]4CC[C@H]([C@H](C)CCCC(C)C)[C@@]4(C)CC[C@@H]32)C1)[N+](C)(C)C.CCCC(C(N)(O)C(=O)[C@H]1CC[C@@]2(C)C(=CC[C@H]3[C@@H]4CC[C@H]([C@H](C)CCCC(C)C)[C@@]4(C)CC[C@@H]32)C1)[N+](C)(C)C.[O-]P([O-])[O-]. The molecule has 9 N–H and O–H groups in total. The molecule has 0 aromatic heterocycles. The fourth-order valence-corrected chi connectivity index (χ4v) is 32.6. The van der Waals surface area contributed by atoms with Crippen LogP contribution >= 0.6 is 8.60 Å². The maximum atomic E-state index is 13.8. The topological polar surface area (TPSA) is 259 Å². The average molecular weight is 1750 g/mol. The molecule has 0 aromatic rings. The van der Waals surface area contributed by atoms with Gasteiger partial charge in [-0.15, -0.1) is 0 Å². The zero-order valence-corrected chi connectivity index (χ0v) is 85.9. The van der Waals surface area contributed by atoms with E-state index in [0.29, 0.717) is 29.7 Å². The third-order valence-electron chi connectivity index (χ3n) is 39.2. The molecular formula is C108H195N6O9P. The number of Topliss-reactive ketones (excluding diaryl/α,β-unsaturated/α-hetero) is 3. The molecule has 9 saturated carbocycles. The Morgan fingerprint density at radius 2 is 0.597 bits per heavy atom. The van der Waals surface area contributed by atoms with Gasteiger partial charge in [0.05, 0.1) is 63.4 Å². The van der Waals surface area contributed by atoms with E-state index in [0.717, 1.165) is 203 Å². The number of rotatable bonds is 33. The monoisotopic (exact) mass is 1750 g/mol. The number of allylic oxidation sites excluding steroid dienone is 6. The van der Waals surface area contributed by atoms with E-state index >= 15 is 0 Å². The highest BCUT2D eigenvalue weighted by molar-refractivity contribution is 7.33. The lowest BCUT2D eigenvalue weighted by molar-refractivity contribution is -0.902. The summed E-state index contributed by atoms with van der Waals surface area (Å²) in [5, 5.41) is 34.5. The van der Waals surface area contributed by atoms with Crippen molar-refractivity contribution in [2.45, 2.75) is 410 Å². The zero-order valence-electron chi connectivity index (χ0n) is 85.0. The standard InChI is InChI=1S/3C36H65N2O2.O3P/c3*1-10-12-32(38(7,8)9)36(37,40)33(39)26-19-21-34(5)27(23-26)15-16-28-30-18-17-29(25(4)14-11-13-24(2)3)35(30,6)22-20-31(28)34;1-4(2)3/h3*15,24-26,28-32,40H,10-14,16-23,37H2,1-9H3;/q3*+1;-3/t3*25-,26+,28+,29-,30+,31+,32?,34+,35-,36?;/m111./s1. The predicted octanol–water partition coefficient (Wildman–Crippen LogP) is 20.5. The van der Waals surface area contributed by atoms with Crippen LogP contribution in [0.4, 0.5) is 0 Å². The summed E-state index contributed by atoms with van der Waals surface area (Å²) in [6.45, 7) is 43.8. The van der Waals surface area contributed by atoms with E-state index in [1.165, 1.54) is 171 Å². The predicted molar refractivity (Wildman–Crippen MR) is 509 cm³/mol. The van der Waals surface area contributed by atoms with Crippen molar-refractivity contribution in [2.75, 3.05) is 63.4 Å². The first-order chi connectivity index (χ1) is 57.4. The Morgan fingerprint density at radius 1 is 0.371 bits per heavy atom. The van der Waals surface area contributed by atoms with Gasteiger partial charge in [0, 0.05) is 37.0 Å². The highest BCUT2D eigenvalue weighted by Crippen LogP contribution is 2.72. The fraction of sp³-hybridized carbons (Fsp3) is 0.917. The molecule has 0 radical (unpaired) electrons. The fourth-order valence-electron chi connectivity index (χ4n) is 32.6. The van der Waals surface area contributed by atoms with Gasteiger partial charge < -0.3 is 52.1 Å². The van der Waals surface area contributed by atoms with Crippen molar-refractivity contribution in [1.29, 1.82) is 0 Å². The first-order valence-corrected chi connectivity index (χ1v) is 53.0. The highest BCUT2D eigenvalue weighted by Gasteiger charge is 2.65. The molecule has 0 spiro atoms. The van der Waals surface area contributed by atoms with E-state index in [2.05, 4.69) is 143 Å². The molecule has 30 atom stereocenters. The molecule has 6 unspecified atom stereocenters. The second-order valence-corrected chi connectivity index (χ2v) is 51.2. The molecule has 0 amide bonds. The number of hydrogen-bond donors (Lipinski definition) is 6. The minimum absolute atomic E-state index is 0.120. The molecule has 0 aromatic carbocycles. The Hall–Kier alpha value is -1.82.